The Balaban J connectivity index is 1.48. The van der Waals surface area contributed by atoms with E-state index in [1.165, 1.54) is 5.56 Å². The molecule has 3 rings (SSSR count). The van der Waals surface area contributed by atoms with Crippen molar-refractivity contribution < 1.29 is 9.59 Å². The van der Waals surface area contributed by atoms with Crippen molar-refractivity contribution in [3.8, 4) is 0 Å². The molecular formula is C24H31N5O2S. The number of carbonyl (C=O) groups excluding carboxylic acids is 2. The Labute approximate surface area is 193 Å². The Hall–Kier alpha value is -2.97. The minimum absolute atomic E-state index is 0.0815. The van der Waals surface area contributed by atoms with E-state index in [9.17, 15) is 9.59 Å². The smallest absolute Gasteiger partial charge is 0.234 e. The highest BCUT2D eigenvalue weighted by atomic mass is 32.1. The maximum Gasteiger partial charge on any atom is 0.234 e. The molecule has 0 unspecified atom stereocenters. The monoisotopic (exact) mass is 453 g/mol. The van der Waals surface area contributed by atoms with E-state index in [4.69, 9.17) is 0 Å². The number of likely N-dealkylation sites (N-methyl/N-ethyl adjacent to an activating group) is 1. The van der Waals surface area contributed by atoms with Crippen molar-refractivity contribution in [1.29, 1.82) is 0 Å². The highest BCUT2D eigenvalue weighted by Crippen LogP contribution is 2.14. The first-order chi connectivity index (χ1) is 15.5. The van der Waals surface area contributed by atoms with E-state index in [2.05, 4.69) is 27.9 Å². The summed E-state index contributed by atoms with van der Waals surface area (Å²) in [6.45, 7) is 8.58. The van der Waals surface area contributed by atoms with Crippen LogP contribution >= 0.6 is 11.3 Å². The van der Waals surface area contributed by atoms with Gasteiger partial charge in [0.2, 0.25) is 11.8 Å². The summed E-state index contributed by atoms with van der Waals surface area (Å²) in [5.41, 5.74) is 4.18. The number of aryl methyl sites for hydroxylation is 1. The molecule has 2 heterocycles. The fourth-order valence-electron chi connectivity index (χ4n) is 3.48. The van der Waals surface area contributed by atoms with Gasteiger partial charge in [0.15, 0.2) is 0 Å². The Morgan fingerprint density at radius 1 is 1.00 bits per heavy atom. The van der Waals surface area contributed by atoms with E-state index >= 15 is 0 Å². The average Bonchev–Trinajstić information content (AvgIpc) is 3.39. The Bertz CT molecular complexity index is 1010. The van der Waals surface area contributed by atoms with Gasteiger partial charge in [-0.2, -0.15) is 5.10 Å². The molecule has 0 saturated carbocycles. The fourth-order valence-corrected chi connectivity index (χ4v) is 4.13. The van der Waals surface area contributed by atoms with Crippen LogP contribution in [0, 0.1) is 13.8 Å². The molecule has 8 heteroatoms. The molecule has 0 aliphatic heterocycles. The van der Waals surface area contributed by atoms with E-state index in [1.807, 2.05) is 66.1 Å². The summed E-state index contributed by atoms with van der Waals surface area (Å²) in [5, 5.41) is 12.5. The van der Waals surface area contributed by atoms with Crippen LogP contribution in [0.25, 0.3) is 0 Å². The highest BCUT2D eigenvalue weighted by molar-refractivity contribution is 7.09. The summed E-state index contributed by atoms with van der Waals surface area (Å²) in [4.78, 5) is 27.7. The predicted octanol–water partition coefficient (Wildman–Crippen LogP) is 2.86. The van der Waals surface area contributed by atoms with Crippen LogP contribution in [0.5, 0.6) is 0 Å². The van der Waals surface area contributed by atoms with Crippen molar-refractivity contribution in [2.24, 2.45) is 0 Å². The van der Waals surface area contributed by atoms with Gasteiger partial charge < -0.3 is 10.6 Å². The molecule has 3 aromatic rings. The van der Waals surface area contributed by atoms with Crippen LogP contribution in [0.3, 0.4) is 0 Å². The fraction of sp³-hybridized carbons (Fsp3) is 0.375. The maximum atomic E-state index is 12.5. The third-order valence-electron chi connectivity index (χ3n) is 5.39. The molecule has 0 atom stereocenters. The predicted molar refractivity (Wildman–Crippen MR) is 127 cm³/mol. The molecule has 0 aliphatic carbocycles. The van der Waals surface area contributed by atoms with Crippen molar-refractivity contribution in [1.82, 2.24) is 25.3 Å². The molecule has 32 heavy (non-hydrogen) atoms. The van der Waals surface area contributed by atoms with Crippen molar-refractivity contribution in [3.63, 3.8) is 0 Å². The number of nitrogens with zero attached hydrogens (tertiary/aromatic N) is 3. The van der Waals surface area contributed by atoms with Gasteiger partial charge in [0.25, 0.3) is 0 Å². The number of carbonyl (C=O) groups is 2. The largest absolute Gasteiger partial charge is 0.351 e. The quantitative estimate of drug-likeness (QED) is 0.468. The van der Waals surface area contributed by atoms with E-state index in [0.29, 0.717) is 26.2 Å². The molecule has 0 fully saturated rings. The lowest BCUT2D eigenvalue weighted by molar-refractivity contribution is -0.125. The molecule has 0 spiro atoms. The number of benzene rings is 1. The highest BCUT2D eigenvalue weighted by Gasteiger charge is 2.16. The molecule has 0 radical (unpaired) electrons. The molecular weight excluding hydrogens is 422 g/mol. The number of rotatable bonds is 11. The Morgan fingerprint density at radius 2 is 1.69 bits per heavy atom. The van der Waals surface area contributed by atoms with E-state index in [0.717, 1.165) is 21.8 Å². The third-order valence-corrected chi connectivity index (χ3v) is 6.27. The zero-order valence-corrected chi connectivity index (χ0v) is 19.7. The first kappa shape index (κ1) is 23.7. The first-order valence-electron chi connectivity index (χ1n) is 10.8. The van der Waals surface area contributed by atoms with E-state index < -0.39 is 0 Å². The summed E-state index contributed by atoms with van der Waals surface area (Å²) in [7, 11) is 0. The standard InChI is InChI=1S/C24H31N5O2S/c1-4-28(16-23(30)25-13-21-11-8-12-32-21)17-24(31)26-14-22-18(2)27-29(19(22)3)15-20-9-6-5-7-10-20/h5-12H,4,13-17H2,1-3H3,(H,25,30)(H,26,31). The summed E-state index contributed by atoms with van der Waals surface area (Å²) in [5.74, 6) is -0.186. The van der Waals surface area contributed by atoms with Gasteiger partial charge in [-0.15, -0.1) is 11.3 Å². The van der Waals surface area contributed by atoms with Gasteiger partial charge in [-0.3, -0.25) is 19.2 Å². The van der Waals surface area contributed by atoms with Gasteiger partial charge in [0.1, 0.15) is 0 Å². The minimum atomic E-state index is -0.104. The summed E-state index contributed by atoms with van der Waals surface area (Å²) in [6, 6.07) is 14.1. The molecule has 0 bridgehead atoms. The zero-order valence-electron chi connectivity index (χ0n) is 18.9. The number of nitrogens with one attached hydrogen (secondary N) is 2. The number of hydrogen-bond acceptors (Lipinski definition) is 5. The van der Waals surface area contributed by atoms with Crippen LogP contribution < -0.4 is 10.6 Å². The lowest BCUT2D eigenvalue weighted by Gasteiger charge is -2.19. The molecule has 0 saturated heterocycles. The van der Waals surface area contributed by atoms with Crippen molar-refractivity contribution in [2.75, 3.05) is 19.6 Å². The first-order valence-corrected chi connectivity index (χ1v) is 11.7. The Kier molecular flexibility index (Phi) is 8.58. The summed E-state index contributed by atoms with van der Waals surface area (Å²) >= 11 is 1.61. The maximum absolute atomic E-state index is 12.5. The minimum Gasteiger partial charge on any atom is -0.351 e. The van der Waals surface area contributed by atoms with Gasteiger partial charge in [0, 0.05) is 22.7 Å². The van der Waals surface area contributed by atoms with Gasteiger partial charge >= 0.3 is 0 Å². The van der Waals surface area contributed by atoms with Crippen LogP contribution in [0.2, 0.25) is 0 Å². The van der Waals surface area contributed by atoms with Crippen molar-refractivity contribution in [3.05, 3.63) is 75.2 Å². The average molecular weight is 454 g/mol. The van der Waals surface area contributed by atoms with Crippen molar-refractivity contribution in [2.45, 2.75) is 40.4 Å². The molecule has 7 nitrogen and oxygen atoms in total. The molecule has 2 N–H and O–H groups in total. The zero-order chi connectivity index (χ0) is 22.9. The molecule has 1 aromatic carbocycles. The topological polar surface area (TPSA) is 79.3 Å². The molecule has 2 aromatic heterocycles. The van der Waals surface area contributed by atoms with Gasteiger partial charge in [0.05, 0.1) is 31.9 Å². The van der Waals surface area contributed by atoms with Crippen LogP contribution in [0.15, 0.2) is 47.8 Å². The van der Waals surface area contributed by atoms with Crippen LogP contribution in [-0.4, -0.2) is 46.1 Å². The van der Waals surface area contributed by atoms with Crippen LogP contribution in [0.1, 0.15) is 34.3 Å². The number of aromatic nitrogens is 2. The number of hydrogen-bond donors (Lipinski definition) is 2. The third kappa shape index (κ3) is 6.77. The van der Waals surface area contributed by atoms with Gasteiger partial charge in [-0.25, -0.2) is 0 Å². The van der Waals surface area contributed by atoms with E-state index in [-0.39, 0.29) is 24.9 Å². The number of amides is 2. The molecule has 170 valence electrons. The lowest BCUT2D eigenvalue weighted by Crippen LogP contribution is -2.42. The lowest BCUT2D eigenvalue weighted by atomic mass is 10.2. The van der Waals surface area contributed by atoms with E-state index in [1.54, 1.807) is 11.3 Å². The van der Waals surface area contributed by atoms with Gasteiger partial charge in [-0.05, 0) is 37.4 Å². The second-order valence-corrected chi connectivity index (χ2v) is 8.76. The summed E-state index contributed by atoms with van der Waals surface area (Å²) < 4.78 is 1.97. The van der Waals surface area contributed by atoms with Crippen LogP contribution in [-0.2, 0) is 29.2 Å². The normalized spacial score (nSPS) is 11.0. The Morgan fingerprint density at radius 3 is 2.31 bits per heavy atom. The van der Waals surface area contributed by atoms with Crippen LogP contribution in [0.4, 0.5) is 0 Å². The number of thiophene rings is 1. The molecule has 0 aliphatic rings. The van der Waals surface area contributed by atoms with Gasteiger partial charge in [-0.1, -0.05) is 43.3 Å². The SMILES string of the molecule is CCN(CC(=O)NCc1cccs1)CC(=O)NCc1c(C)nn(Cc2ccccc2)c1C. The molecule has 2 amide bonds. The summed E-state index contributed by atoms with van der Waals surface area (Å²) in [6.07, 6.45) is 0. The second kappa shape index (κ2) is 11.6. The second-order valence-electron chi connectivity index (χ2n) is 7.73. The van der Waals surface area contributed by atoms with Crippen molar-refractivity contribution >= 4 is 23.2 Å².